The van der Waals surface area contributed by atoms with E-state index < -0.39 is 17.6 Å². The molecule has 0 atom stereocenters. The molecule has 2 N–H and O–H groups in total. The minimum absolute atomic E-state index is 0. The number of carbonyl (C=O) groups is 1. The van der Waals surface area contributed by atoms with E-state index in [0.717, 1.165) is 38.1 Å². The number of hydrogen-bond donors (Lipinski definition) is 2. The van der Waals surface area contributed by atoms with E-state index in [1.807, 2.05) is 0 Å². The van der Waals surface area contributed by atoms with Gasteiger partial charge in [0, 0.05) is 5.69 Å². The molecule has 3 rings (SSSR count). The maximum absolute atomic E-state index is 12.8. The molecular formula is C16H19ClF3N5O. The molecule has 0 spiro atoms. The van der Waals surface area contributed by atoms with Crippen LogP contribution < -0.4 is 10.6 Å². The van der Waals surface area contributed by atoms with Crippen molar-refractivity contribution in [1.82, 2.24) is 20.3 Å². The van der Waals surface area contributed by atoms with Crippen LogP contribution in [0.1, 0.15) is 40.6 Å². The van der Waals surface area contributed by atoms with Crippen LogP contribution in [0, 0.1) is 6.92 Å². The van der Waals surface area contributed by atoms with Gasteiger partial charge in [-0.05, 0) is 51.1 Å². The second-order valence-corrected chi connectivity index (χ2v) is 5.98. The summed E-state index contributed by atoms with van der Waals surface area (Å²) in [6.07, 6.45) is -2.69. The molecule has 142 valence electrons. The summed E-state index contributed by atoms with van der Waals surface area (Å²) >= 11 is 0. The van der Waals surface area contributed by atoms with Gasteiger partial charge in [-0.25, -0.2) is 4.68 Å². The highest BCUT2D eigenvalue weighted by Crippen LogP contribution is 2.30. The van der Waals surface area contributed by atoms with Crippen LogP contribution in [0.5, 0.6) is 0 Å². The lowest BCUT2D eigenvalue weighted by molar-refractivity contribution is -0.137. The van der Waals surface area contributed by atoms with Crippen molar-refractivity contribution in [2.24, 2.45) is 0 Å². The fraction of sp³-hybridized carbons (Fsp3) is 0.438. The van der Waals surface area contributed by atoms with Crippen molar-refractivity contribution in [3.8, 4) is 0 Å². The Kier molecular flexibility index (Phi) is 6.25. The third-order valence-corrected chi connectivity index (χ3v) is 4.24. The lowest BCUT2D eigenvalue weighted by Crippen LogP contribution is -2.30. The number of carbonyl (C=O) groups excluding carboxylic acids is 1. The van der Waals surface area contributed by atoms with E-state index in [0.29, 0.717) is 5.69 Å². The first kappa shape index (κ1) is 20.2. The average Bonchev–Trinajstić information content (AvgIpc) is 2.97. The number of aromatic nitrogens is 3. The molecule has 0 bridgehead atoms. The van der Waals surface area contributed by atoms with Gasteiger partial charge in [-0.2, -0.15) is 13.2 Å². The SMILES string of the molecule is Cc1c(C(=O)Nc2cccc(C(F)(F)F)c2)nnn1C1CCNCC1.Cl. The van der Waals surface area contributed by atoms with Gasteiger partial charge in [0.15, 0.2) is 5.69 Å². The molecular weight excluding hydrogens is 371 g/mol. The number of piperidine rings is 1. The van der Waals surface area contributed by atoms with E-state index in [9.17, 15) is 18.0 Å². The standard InChI is InChI=1S/C16H18F3N5O.ClH/c1-10-14(22-23-24(10)13-5-7-20-8-6-13)15(25)21-12-4-2-3-11(9-12)16(17,18)19;/h2-4,9,13,20H,5-8H2,1H3,(H,21,25);1H. The summed E-state index contributed by atoms with van der Waals surface area (Å²) in [4.78, 5) is 12.4. The molecule has 1 aromatic carbocycles. The Balaban J connectivity index is 0.00000243. The van der Waals surface area contributed by atoms with Crippen LogP contribution in [0.3, 0.4) is 0 Å². The van der Waals surface area contributed by atoms with Crippen molar-refractivity contribution in [1.29, 1.82) is 0 Å². The monoisotopic (exact) mass is 389 g/mol. The van der Waals surface area contributed by atoms with E-state index in [4.69, 9.17) is 0 Å². The van der Waals surface area contributed by atoms with Crippen molar-refractivity contribution in [3.05, 3.63) is 41.2 Å². The smallest absolute Gasteiger partial charge is 0.321 e. The minimum atomic E-state index is -4.46. The molecule has 6 nitrogen and oxygen atoms in total. The summed E-state index contributed by atoms with van der Waals surface area (Å²) in [5.41, 5.74) is -0.0247. The first-order valence-electron chi connectivity index (χ1n) is 7.97. The second kappa shape index (κ2) is 8.05. The third-order valence-electron chi connectivity index (χ3n) is 4.24. The first-order valence-corrected chi connectivity index (χ1v) is 7.97. The summed E-state index contributed by atoms with van der Waals surface area (Å²) in [5, 5.41) is 13.7. The fourth-order valence-electron chi connectivity index (χ4n) is 2.91. The lowest BCUT2D eigenvalue weighted by atomic mass is 10.1. The Morgan fingerprint density at radius 2 is 2.00 bits per heavy atom. The van der Waals surface area contributed by atoms with Crippen molar-refractivity contribution in [2.45, 2.75) is 32.0 Å². The number of hydrogen-bond acceptors (Lipinski definition) is 4. The highest BCUT2D eigenvalue weighted by atomic mass is 35.5. The molecule has 1 amide bonds. The molecule has 1 saturated heterocycles. The van der Waals surface area contributed by atoms with Gasteiger partial charge >= 0.3 is 6.18 Å². The third kappa shape index (κ3) is 4.34. The van der Waals surface area contributed by atoms with Crippen LogP contribution in [-0.4, -0.2) is 34.0 Å². The predicted octanol–water partition coefficient (Wildman–Crippen LogP) is 3.20. The average molecular weight is 390 g/mol. The van der Waals surface area contributed by atoms with Gasteiger partial charge in [0.1, 0.15) is 0 Å². The maximum Gasteiger partial charge on any atom is 0.416 e. The van der Waals surface area contributed by atoms with Crippen LogP contribution in [0.25, 0.3) is 0 Å². The van der Waals surface area contributed by atoms with Gasteiger partial charge in [0.2, 0.25) is 0 Å². The van der Waals surface area contributed by atoms with Crippen molar-refractivity contribution < 1.29 is 18.0 Å². The van der Waals surface area contributed by atoms with Crippen molar-refractivity contribution in [3.63, 3.8) is 0 Å². The number of halogens is 4. The molecule has 26 heavy (non-hydrogen) atoms. The highest BCUT2D eigenvalue weighted by molar-refractivity contribution is 6.03. The second-order valence-electron chi connectivity index (χ2n) is 5.98. The van der Waals surface area contributed by atoms with Crippen LogP contribution >= 0.6 is 12.4 Å². The van der Waals surface area contributed by atoms with E-state index in [1.165, 1.54) is 12.1 Å². The molecule has 0 radical (unpaired) electrons. The Morgan fingerprint density at radius 1 is 1.31 bits per heavy atom. The Hall–Kier alpha value is -2.13. The molecule has 0 unspecified atom stereocenters. The number of anilines is 1. The zero-order valence-electron chi connectivity index (χ0n) is 14.0. The molecule has 1 fully saturated rings. The zero-order chi connectivity index (χ0) is 18.0. The predicted molar refractivity (Wildman–Crippen MR) is 92.5 cm³/mol. The van der Waals surface area contributed by atoms with Gasteiger partial charge < -0.3 is 10.6 Å². The Labute approximate surface area is 154 Å². The largest absolute Gasteiger partial charge is 0.416 e. The van der Waals surface area contributed by atoms with Crippen LogP contribution in [0.15, 0.2) is 24.3 Å². The number of alkyl halides is 3. The van der Waals surface area contributed by atoms with E-state index in [2.05, 4.69) is 20.9 Å². The maximum atomic E-state index is 12.8. The zero-order valence-corrected chi connectivity index (χ0v) is 14.8. The van der Waals surface area contributed by atoms with Gasteiger partial charge in [0.25, 0.3) is 5.91 Å². The summed E-state index contributed by atoms with van der Waals surface area (Å²) in [5.74, 6) is -0.572. The number of benzene rings is 1. The summed E-state index contributed by atoms with van der Waals surface area (Å²) < 4.78 is 40.0. The molecule has 10 heteroatoms. The van der Waals surface area contributed by atoms with Gasteiger partial charge in [0.05, 0.1) is 17.3 Å². The van der Waals surface area contributed by atoms with E-state index in [-0.39, 0.29) is 29.8 Å². The highest BCUT2D eigenvalue weighted by Gasteiger charge is 2.30. The van der Waals surface area contributed by atoms with Crippen LogP contribution in [0.2, 0.25) is 0 Å². The summed E-state index contributed by atoms with van der Waals surface area (Å²) in [6, 6.07) is 4.67. The number of nitrogens with one attached hydrogen (secondary N) is 2. The minimum Gasteiger partial charge on any atom is -0.321 e. The topological polar surface area (TPSA) is 71.8 Å². The molecule has 0 aliphatic carbocycles. The van der Waals surface area contributed by atoms with E-state index in [1.54, 1.807) is 11.6 Å². The Bertz CT molecular complexity index is 771. The molecule has 1 aliphatic heterocycles. The van der Waals surface area contributed by atoms with E-state index >= 15 is 0 Å². The summed E-state index contributed by atoms with van der Waals surface area (Å²) in [7, 11) is 0. The van der Waals surface area contributed by atoms with Crippen LogP contribution in [0.4, 0.5) is 18.9 Å². The van der Waals surface area contributed by atoms with Crippen molar-refractivity contribution in [2.75, 3.05) is 18.4 Å². The lowest BCUT2D eigenvalue weighted by Gasteiger charge is -2.23. The normalized spacial score (nSPS) is 15.4. The quantitative estimate of drug-likeness (QED) is 0.845. The molecule has 2 aromatic rings. The van der Waals surface area contributed by atoms with Crippen LogP contribution in [-0.2, 0) is 6.18 Å². The molecule has 1 aromatic heterocycles. The van der Waals surface area contributed by atoms with Gasteiger partial charge in [-0.1, -0.05) is 11.3 Å². The fourth-order valence-corrected chi connectivity index (χ4v) is 2.91. The van der Waals surface area contributed by atoms with Gasteiger partial charge in [-0.3, -0.25) is 4.79 Å². The number of rotatable bonds is 3. The summed E-state index contributed by atoms with van der Waals surface area (Å²) in [6.45, 7) is 3.48. The van der Waals surface area contributed by atoms with Gasteiger partial charge in [-0.15, -0.1) is 17.5 Å². The van der Waals surface area contributed by atoms with Crippen molar-refractivity contribution >= 4 is 24.0 Å². The Morgan fingerprint density at radius 3 is 2.65 bits per heavy atom. The molecule has 2 heterocycles. The molecule has 0 saturated carbocycles. The molecule has 1 aliphatic rings. The number of nitrogens with zero attached hydrogens (tertiary/aromatic N) is 3. The first-order chi connectivity index (χ1) is 11.9. The number of amides is 1.